The van der Waals surface area contributed by atoms with Crippen LogP contribution in [-0.4, -0.2) is 59.1 Å². The molecular weight excluding hydrogens is 216 g/mol. The monoisotopic (exact) mass is 240 g/mol. The van der Waals surface area contributed by atoms with Gasteiger partial charge in [0.1, 0.15) is 0 Å². The molecule has 98 valence electrons. The number of hydrogen-bond donors (Lipinski definition) is 1. The van der Waals surface area contributed by atoms with Crippen LogP contribution in [0.1, 0.15) is 39.0 Å². The lowest BCUT2D eigenvalue weighted by Gasteiger charge is -2.29. The molecule has 2 aliphatic rings. The quantitative estimate of drug-likeness (QED) is 0.789. The number of hydrogen-bond acceptors (Lipinski definition) is 3. The molecule has 0 bridgehead atoms. The standard InChI is InChI=1S/C13H24N2O2/c1-2-14-8-3-4-11(7-9-14)15(10-13(16)17)12-5-6-12/h11-12H,2-10H2,1H3,(H,16,17). The van der Waals surface area contributed by atoms with E-state index in [0.29, 0.717) is 12.1 Å². The molecule has 1 saturated carbocycles. The lowest BCUT2D eigenvalue weighted by atomic mass is 10.1. The molecular formula is C13H24N2O2. The summed E-state index contributed by atoms with van der Waals surface area (Å²) in [5.74, 6) is -0.673. The van der Waals surface area contributed by atoms with Crippen molar-refractivity contribution in [3.63, 3.8) is 0 Å². The first-order chi connectivity index (χ1) is 8.20. The third kappa shape index (κ3) is 3.68. The normalized spacial score (nSPS) is 27.1. The zero-order valence-corrected chi connectivity index (χ0v) is 10.8. The van der Waals surface area contributed by atoms with E-state index in [4.69, 9.17) is 5.11 Å². The Morgan fingerprint density at radius 1 is 1.24 bits per heavy atom. The van der Waals surface area contributed by atoms with Crippen LogP contribution in [0.25, 0.3) is 0 Å². The van der Waals surface area contributed by atoms with E-state index in [1.165, 1.54) is 32.2 Å². The SMILES string of the molecule is CCN1CCCC(N(CC(=O)O)C2CC2)CC1. The molecule has 2 rings (SSSR count). The van der Waals surface area contributed by atoms with Crippen LogP contribution in [0.3, 0.4) is 0 Å². The summed E-state index contributed by atoms with van der Waals surface area (Å²) >= 11 is 0. The van der Waals surface area contributed by atoms with Gasteiger partial charge in [-0.05, 0) is 51.7 Å². The Kier molecular flexibility index (Phi) is 4.40. The highest BCUT2D eigenvalue weighted by molar-refractivity contribution is 5.69. The van der Waals surface area contributed by atoms with Gasteiger partial charge in [-0.3, -0.25) is 9.69 Å². The molecule has 0 amide bonds. The molecule has 0 spiro atoms. The van der Waals surface area contributed by atoms with Gasteiger partial charge < -0.3 is 10.0 Å². The van der Waals surface area contributed by atoms with Gasteiger partial charge in [0.15, 0.2) is 0 Å². The highest BCUT2D eigenvalue weighted by atomic mass is 16.4. The maximum absolute atomic E-state index is 10.9. The molecule has 0 radical (unpaired) electrons. The molecule has 1 unspecified atom stereocenters. The molecule has 1 heterocycles. The number of carboxylic acids is 1. The second kappa shape index (κ2) is 5.83. The summed E-state index contributed by atoms with van der Waals surface area (Å²) in [5.41, 5.74) is 0. The first kappa shape index (κ1) is 12.8. The molecule has 0 aromatic rings. The van der Waals surface area contributed by atoms with Crippen LogP contribution in [0, 0.1) is 0 Å². The van der Waals surface area contributed by atoms with E-state index >= 15 is 0 Å². The summed E-state index contributed by atoms with van der Waals surface area (Å²) in [4.78, 5) is 15.7. The molecule has 1 aliphatic carbocycles. The van der Waals surface area contributed by atoms with Crippen LogP contribution < -0.4 is 0 Å². The lowest BCUT2D eigenvalue weighted by Crippen LogP contribution is -2.41. The highest BCUT2D eigenvalue weighted by Gasteiger charge is 2.35. The second-order valence-electron chi connectivity index (χ2n) is 5.32. The Hall–Kier alpha value is -0.610. The predicted molar refractivity (Wildman–Crippen MR) is 67.1 cm³/mol. The van der Waals surface area contributed by atoms with Crippen LogP contribution in [0.15, 0.2) is 0 Å². The number of carboxylic acid groups (broad SMARTS) is 1. The van der Waals surface area contributed by atoms with Gasteiger partial charge >= 0.3 is 5.97 Å². The van der Waals surface area contributed by atoms with E-state index in [9.17, 15) is 4.79 Å². The summed E-state index contributed by atoms with van der Waals surface area (Å²) in [7, 11) is 0. The van der Waals surface area contributed by atoms with Crippen molar-refractivity contribution in [3.8, 4) is 0 Å². The summed E-state index contributed by atoms with van der Waals surface area (Å²) in [6.07, 6.45) is 5.90. The van der Waals surface area contributed by atoms with E-state index in [0.717, 1.165) is 19.5 Å². The van der Waals surface area contributed by atoms with E-state index in [-0.39, 0.29) is 6.54 Å². The maximum atomic E-state index is 10.9. The number of likely N-dealkylation sites (tertiary alicyclic amines) is 1. The lowest BCUT2D eigenvalue weighted by molar-refractivity contribution is -0.139. The minimum Gasteiger partial charge on any atom is -0.480 e. The van der Waals surface area contributed by atoms with Crippen LogP contribution in [0.4, 0.5) is 0 Å². The van der Waals surface area contributed by atoms with Gasteiger partial charge in [0.25, 0.3) is 0 Å². The molecule has 4 nitrogen and oxygen atoms in total. The number of nitrogens with zero attached hydrogens (tertiary/aromatic N) is 2. The van der Waals surface area contributed by atoms with Gasteiger partial charge in [-0.2, -0.15) is 0 Å². The van der Waals surface area contributed by atoms with Crippen molar-refractivity contribution in [2.45, 2.75) is 51.1 Å². The highest BCUT2D eigenvalue weighted by Crippen LogP contribution is 2.31. The van der Waals surface area contributed by atoms with Crippen LogP contribution in [0.2, 0.25) is 0 Å². The van der Waals surface area contributed by atoms with Crippen molar-refractivity contribution in [1.29, 1.82) is 0 Å². The number of aliphatic carboxylic acids is 1. The Bertz CT molecular complexity index is 266. The summed E-state index contributed by atoms with van der Waals surface area (Å²) in [5, 5.41) is 9.01. The van der Waals surface area contributed by atoms with E-state index < -0.39 is 5.97 Å². The van der Waals surface area contributed by atoms with Gasteiger partial charge in [-0.15, -0.1) is 0 Å². The van der Waals surface area contributed by atoms with Crippen LogP contribution in [-0.2, 0) is 4.79 Å². The maximum Gasteiger partial charge on any atom is 0.317 e. The molecule has 0 aromatic heterocycles. The van der Waals surface area contributed by atoms with Crippen LogP contribution in [0.5, 0.6) is 0 Å². The average molecular weight is 240 g/mol. The summed E-state index contributed by atoms with van der Waals surface area (Å²) < 4.78 is 0. The average Bonchev–Trinajstić information content (AvgIpc) is 3.12. The van der Waals surface area contributed by atoms with E-state index in [1.807, 2.05) is 0 Å². The van der Waals surface area contributed by atoms with Crippen molar-refractivity contribution in [2.24, 2.45) is 0 Å². The molecule has 0 aromatic carbocycles. The first-order valence-corrected chi connectivity index (χ1v) is 6.90. The van der Waals surface area contributed by atoms with Gasteiger partial charge in [-0.25, -0.2) is 0 Å². The van der Waals surface area contributed by atoms with Crippen molar-refractivity contribution < 1.29 is 9.90 Å². The molecule has 17 heavy (non-hydrogen) atoms. The first-order valence-electron chi connectivity index (χ1n) is 6.90. The topological polar surface area (TPSA) is 43.8 Å². The summed E-state index contributed by atoms with van der Waals surface area (Å²) in [6.45, 7) is 5.87. The summed E-state index contributed by atoms with van der Waals surface area (Å²) in [6, 6.07) is 1.06. The van der Waals surface area contributed by atoms with Gasteiger partial charge in [0.05, 0.1) is 6.54 Å². The van der Waals surface area contributed by atoms with Crippen molar-refractivity contribution in [2.75, 3.05) is 26.2 Å². The fraction of sp³-hybridized carbons (Fsp3) is 0.923. The smallest absolute Gasteiger partial charge is 0.317 e. The zero-order valence-electron chi connectivity index (χ0n) is 10.8. The Balaban J connectivity index is 1.91. The van der Waals surface area contributed by atoms with Gasteiger partial charge in [-0.1, -0.05) is 6.92 Å². The fourth-order valence-corrected chi connectivity index (χ4v) is 2.90. The van der Waals surface area contributed by atoms with Crippen LogP contribution >= 0.6 is 0 Å². The minimum atomic E-state index is -0.673. The Morgan fingerprint density at radius 3 is 2.53 bits per heavy atom. The predicted octanol–water partition coefficient (Wildman–Crippen LogP) is 1.41. The fourth-order valence-electron chi connectivity index (χ4n) is 2.90. The van der Waals surface area contributed by atoms with Crippen molar-refractivity contribution >= 4 is 5.97 Å². The molecule has 1 saturated heterocycles. The molecule has 1 atom stereocenters. The Morgan fingerprint density at radius 2 is 1.94 bits per heavy atom. The third-order valence-electron chi connectivity index (χ3n) is 4.04. The van der Waals surface area contributed by atoms with Crippen molar-refractivity contribution in [3.05, 3.63) is 0 Å². The molecule has 2 fully saturated rings. The van der Waals surface area contributed by atoms with Gasteiger partial charge in [0, 0.05) is 12.1 Å². The van der Waals surface area contributed by atoms with E-state index in [2.05, 4.69) is 16.7 Å². The number of rotatable bonds is 5. The number of carbonyl (C=O) groups is 1. The van der Waals surface area contributed by atoms with E-state index in [1.54, 1.807) is 0 Å². The molecule has 1 aliphatic heterocycles. The minimum absolute atomic E-state index is 0.238. The second-order valence-corrected chi connectivity index (χ2v) is 5.32. The third-order valence-corrected chi connectivity index (χ3v) is 4.04. The Labute approximate surface area is 104 Å². The van der Waals surface area contributed by atoms with Gasteiger partial charge in [0.2, 0.25) is 0 Å². The molecule has 1 N–H and O–H groups in total. The van der Waals surface area contributed by atoms with Crippen molar-refractivity contribution in [1.82, 2.24) is 9.80 Å². The molecule has 4 heteroatoms. The zero-order chi connectivity index (χ0) is 12.3. The largest absolute Gasteiger partial charge is 0.480 e.